The molecule has 0 bridgehead atoms. The molecule has 3 aromatic carbocycles. The van der Waals surface area contributed by atoms with E-state index in [1.54, 1.807) is 43.3 Å². The monoisotopic (exact) mass is 573 g/mol. The number of sulfonamides is 1. The number of carbonyl (C=O) groups is 2. The first-order chi connectivity index (χ1) is 18.5. The summed E-state index contributed by atoms with van der Waals surface area (Å²) in [6, 6.07) is 17.3. The zero-order valence-electron chi connectivity index (χ0n) is 22.2. The van der Waals surface area contributed by atoms with Crippen molar-refractivity contribution in [2.24, 2.45) is 0 Å². The highest BCUT2D eigenvalue weighted by Crippen LogP contribution is 2.27. The molecule has 0 spiro atoms. The lowest BCUT2D eigenvalue weighted by Gasteiger charge is -2.32. The van der Waals surface area contributed by atoms with Crippen LogP contribution in [0, 0.1) is 12.7 Å². The Morgan fingerprint density at radius 1 is 1.00 bits per heavy atom. The molecular weight excluding hydrogens is 541 g/mol. The number of carbonyl (C=O) groups excluding carboxylic acids is 2. The molecule has 3 aromatic rings. The summed E-state index contributed by atoms with van der Waals surface area (Å²) in [5.41, 5.74) is 1.28. The summed E-state index contributed by atoms with van der Waals surface area (Å²) < 4.78 is 43.1. The number of nitrogens with one attached hydrogen (secondary N) is 1. The van der Waals surface area contributed by atoms with Crippen LogP contribution in [0.25, 0.3) is 0 Å². The predicted octanol–water partition coefficient (Wildman–Crippen LogP) is 5.32. The maximum absolute atomic E-state index is 14.9. The van der Waals surface area contributed by atoms with Crippen molar-refractivity contribution in [1.29, 1.82) is 0 Å². The summed E-state index contributed by atoms with van der Waals surface area (Å²) >= 11 is 6.01. The van der Waals surface area contributed by atoms with E-state index in [2.05, 4.69) is 5.32 Å². The SMILES string of the molecule is CCCCNC(=O)C(C)N(Cc1ccc(Cl)cc1)C(=O)CN(c1ccccc1F)S(=O)(=O)c1ccc(C)cc1. The third kappa shape index (κ3) is 7.80. The fourth-order valence-electron chi connectivity index (χ4n) is 3.91. The Kier molecular flexibility index (Phi) is 10.5. The lowest BCUT2D eigenvalue weighted by Crippen LogP contribution is -2.51. The predicted molar refractivity (Wildman–Crippen MR) is 151 cm³/mol. The Bertz CT molecular complexity index is 1380. The molecule has 10 heteroatoms. The fraction of sp³-hybridized carbons (Fsp3) is 0.310. The second-order valence-electron chi connectivity index (χ2n) is 9.24. The molecule has 3 rings (SSSR count). The number of rotatable bonds is 12. The smallest absolute Gasteiger partial charge is 0.264 e. The number of aryl methyl sites for hydroxylation is 1. The highest BCUT2D eigenvalue weighted by Gasteiger charge is 2.33. The zero-order valence-corrected chi connectivity index (χ0v) is 23.8. The Morgan fingerprint density at radius 2 is 1.64 bits per heavy atom. The maximum Gasteiger partial charge on any atom is 0.264 e. The average molecular weight is 574 g/mol. The Hall–Kier alpha value is -3.43. The van der Waals surface area contributed by atoms with Gasteiger partial charge in [-0.2, -0.15) is 0 Å². The van der Waals surface area contributed by atoms with E-state index in [0.29, 0.717) is 17.1 Å². The lowest BCUT2D eigenvalue weighted by molar-refractivity contribution is -0.139. The van der Waals surface area contributed by atoms with Crippen LogP contribution in [0.5, 0.6) is 0 Å². The number of hydrogen-bond donors (Lipinski definition) is 1. The minimum absolute atomic E-state index is 0.0219. The normalized spacial score (nSPS) is 12.0. The van der Waals surface area contributed by atoms with E-state index < -0.39 is 34.3 Å². The van der Waals surface area contributed by atoms with Gasteiger partial charge in [-0.1, -0.05) is 66.9 Å². The molecule has 0 aromatic heterocycles. The van der Waals surface area contributed by atoms with Gasteiger partial charge >= 0.3 is 0 Å². The second-order valence-corrected chi connectivity index (χ2v) is 11.5. The molecule has 39 heavy (non-hydrogen) atoms. The molecule has 0 aliphatic rings. The Morgan fingerprint density at radius 3 is 2.26 bits per heavy atom. The molecule has 0 aliphatic carbocycles. The van der Waals surface area contributed by atoms with Crippen molar-refractivity contribution in [2.75, 3.05) is 17.4 Å². The molecule has 0 fully saturated rings. The molecule has 0 heterocycles. The van der Waals surface area contributed by atoms with Crippen LogP contribution < -0.4 is 9.62 Å². The van der Waals surface area contributed by atoms with Crippen molar-refractivity contribution < 1.29 is 22.4 Å². The van der Waals surface area contributed by atoms with Gasteiger partial charge in [0.1, 0.15) is 18.4 Å². The third-order valence-electron chi connectivity index (χ3n) is 6.27. The highest BCUT2D eigenvalue weighted by atomic mass is 35.5. The summed E-state index contributed by atoms with van der Waals surface area (Å²) in [5, 5.41) is 3.33. The van der Waals surface area contributed by atoms with E-state index in [0.717, 1.165) is 28.8 Å². The van der Waals surface area contributed by atoms with E-state index in [9.17, 15) is 22.4 Å². The van der Waals surface area contributed by atoms with Crippen molar-refractivity contribution in [3.63, 3.8) is 0 Å². The molecule has 0 radical (unpaired) electrons. The van der Waals surface area contributed by atoms with Gasteiger partial charge in [0.25, 0.3) is 10.0 Å². The standard InChI is InChI=1S/C29H33ClFN3O4S/c1-4-5-18-32-29(36)22(3)33(19-23-12-14-24(30)15-13-23)28(35)20-34(27-9-7-6-8-26(27)31)39(37,38)25-16-10-21(2)11-17-25/h6-17,22H,4-5,18-20H2,1-3H3,(H,32,36). The van der Waals surface area contributed by atoms with Crippen LogP contribution in [0.15, 0.2) is 77.7 Å². The number of unbranched alkanes of at least 4 members (excludes halogenated alkanes) is 1. The fourth-order valence-corrected chi connectivity index (χ4v) is 5.46. The maximum atomic E-state index is 14.9. The molecule has 7 nitrogen and oxygen atoms in total. The molecule has 1 atom stereocenters. The van der Waals surface area contributed by atoms with E-state index in [1.165, 1.54) is 35.2 Å². The quantitative estimate of drug-likeness (QED) is 0.297. The lowest BCUT2D eigenvalue weighted by atomic mass is 10.1. The van der Waals surface area contributed by atoms with E-state index in [-0.39, 0.29) is 23.0 Å². The van der Waals surface area contributed by atoms with Crippen LogP contribution in [-0.2, 0) is 26.2 Å². The molecule has 0 saturated carbocycles. The van der Waals surface area contributed by atoms with Gasteiger partial charge in [0.15, 0.2) is 0 Å². The first-order valence-electron chi connectivity index (χ1n) is 12.7. The zero-order chi connectivity index (χ0) is 28.6. The van der Waals surface area contributed by atoms with Gasteiger partial charge < -0.3 is 10.2 Å². The Balaban J connectivity index is 2.00. The molecule has 208 valence electrons. The van der Waals surface area contributed by atoms with Crippen LogP contribution in [0.4, 0.5) is 10.1 Å². The molecule has 2 amide bonds. The number of amides is 2. The molecular formula is C29H33ClFN3O4S. The largest absolute Gasteiger partial charge is 0.354 e. The van der Waals surface area contributed by atoms with Crippen molar-refractivity contribution in [1.82, 2.24) is 10.2 Å². The molecule has 1 N–H and O–H groups in total. The van der Waals surface area contributed by atoms with Gasteiger partial charge in [-0.25, -0.2) is 12.8 Å². The van der Waals surface area contributed by atoms with Gasteiger partial charge in [0.05, 0.1) is 10.6 Å². The average Bonchev–Trinajstić information content (AvgIpc) is 2.91. The number of para-hydroxylation sites is 1. The van der Waals surface area contributed by atoms with E-state index in [4.69, 9.17) is 11.6 Å². The van der Waals surface area contributed by atoms with Crippen molar-refractivity contribution in [2.45, 2.75) is 51.1 Å². The molecule has 0 aliphatic heterocycles. The number of anilines is 1. The highest BCUT2D eigenvalue weighted by molar-refractivity contribution is 7.92. The minimum Gasteiger partial charge on any atom is -0.354 e. The summed E-state index contributed by atoms with van der Waals surface area (Å²) in [6.45, 7) is 5.15. The summed E-state index contributed by atoms with van der Waals surface area (Å²) in [5.74, 6) is -1.83. The van der Waals surface area contributed by atoms with Crippen molar-refractivity contribution in [3.8, 4) is 0 Å². The van der Waals surface area contributed by atoms with E-state index >= 15 is 0 Å². The van der Waals surface area contributed by atoms with Gasteiger partial charge in [-0.05, 0) is 62.2 Å². The molecule has 1 unspecified atom stereocenters. The van der Waals surface area contributed by atoms with Crippen LogP contribution >= 0.6 is 11.6 Å². The van der Waals surface area contributed by atoms with Gasteiger partial charge in [0, 0.05) is 18.1 Å². The second kappa shape index (κ2) is 13.6. The Labute approximate surface area is 234 Å². The van der Waals surface area contributed by atoms with Gasteiger partial charge in [-0.3, -0.25) is 13.9 Å². The van der Waals surface area contributed by atoms with Crippen LogP contribution in [0.3, 0.4) is 0 Å². The number of hydrogen-bond acceptors (Lipinski definition) is 4. The number of nitrogens with zero attached hydrogens (tertiary/aromatic N) is 2. The number of benzene rings is 3. The summed E-state index contributed by atoms with van der Waals surface area (Å²) in [4.78, 5) is 28.0. The van der Waals surface area contributed by atoms with Gasteiger partial charge in [-0.15, -0.1) is 0 Å². The number of halogens is 2. The summed E-state index contributed by atoms with van der Waals surface area (Å²) in [6.07, 6.45) is 1.66. The van der Waals surface area contributed by atoms with Crippen molar-refractivity contribution in [3.05, 3.63) is 94.8 Å². The van der Waals surface area contributed by atoms with E-state index in [1.807, 2.05) is 13.8 Å². The van der Waals surface area contributed by atoms with Crippen molar-refractivity contribution >= 4 is 39.1 Å². The van der Waals surface area contributed by atoms with Crippen LogP contribution in [0.2, 0.25) is 5.02 Å². The molecule has 0 saturated heterocycles. The minimum atomic E-state index is -4.34. The van der Waals surface area contributed by atoms with Crippen LogP contribution in [0.1, 0.15) is 37.8 Å². The van der Waals surface area contributed by atoms with Gasteiger partial charge in [0.2, 0.25) is 11.8 Å². The first-order valence-corrected chi connectivity index (χ1v) is 14.5. The first kappa shape index (κ1) is 30.1. The summed E-state index contributed by atoms with van der Waals surface area (Å²) in [7, 11) is -4.34. The third-order valence-corrected chi connectivity index (χ3v) is 8.30. The topological polar surface area (TPSA) is 86.8 Å². The van der Waals surface area contributed by atoms with Crippen LogP contribution in [-0.4, -0.2) is 44.3 Å².